The molecule has 1 rings (SSSR count). The molecule has 0 spiro atoms. The van der Waals surface area contributed by atoms with Crippen molar-refractivity contribution in [2.75, 3.05) is 14.2 Å². The number of hydrogen-bond acceptors (Lipinski definition) is 4. The normalized spacial score (nSPS) is 13.3. The lowest BCUT2D eigenvalue weighted by atomic mass is 9.97. The maximum atomic E-state index is 14.0. The molecule has 0 saturated carbocycles. The van der Waals surface area contributed by atoms with Crippen LogP contribution in [0.4, 0.5) is 4.39 Å². The van der Waals surface area contributed by atoms with Crippen LogP contribution in [0.15, 0.2) is 12.1 Å². The number of aliphatic hydroxyl groups is 1. The number of halogens is 2. The molecule has 0 heterocycles. The summed E-state index contributed by atoms with van der Waals surface area (Å²) in [5, 5.41) is 9.95. The van der Waals surface area contributed by atoms with Gasteiger partial charge in [0.25, 0.3) is 0 Å². The Bertz CT molecular complexity index is 418. The first-order valence-electron chi connectivity index (χ1n) is 6.40. The van der Waals surface area contributed by atoms with E-state index in [-0.39, 0.29) is 18.0 Å². The number of rotatable bonds is 7. The monoisotopic (exact) mass is 307 g/mol. The second-order valence-electron chi connectivity index (χ2n) is 4.46. The van der Waals surface area contributed by atoms with Crippen molar-refractivity contribution in [2.24, 2.45) is 5.73 Å². The molecule has 0 unspecified atom stereocenters. The Morgan fingerprint density at radius 2 is 1.80 bits per heavy atom. The summed E-state index contributed by atoms with van der Waals surface area (Å²) in [5.41, 5.74) is 6.15. The zero-order valence-corrected chi connectivity index (χ0v) is 12.9. The fraction of sp³-hybridized carbons (Fsp3) is 0.571. The highest BCUT2D eigenvalue weighted by Gasteiger charge is 2.22. The lowest BCUT2D eigenvalue weighted by Crippen LogP contribution is -2.27. The van der Waals surface area contributed by atoms with Crippen LogP contribution in [0.5, 0.6) is 11.5 Å². The van der Waals surface area contributed by atoms with Crippen LogP contribution in [0.25, 0.3) is 0 Å². The van der Waals surface area contributed by atoms with Gasteiger partial charge in [0.2, 0.25) is 0 Å². The van der Waals surface area contributed by atoms with Gasteiger partial charge < -0.3 is 20.3 Å². The van der Waals surface area contributed by atoms with E-state index in [0.29, 0.717) is 17.9 Å². The number of benzene rings is 1. The lowest BCUT2D eigenvalue weighted by molar-refractivity contribution is 0.131. The SMILES string of the molecule is CCCC[C@@H](O)[C@@H](N)c1cc(OC)c(OC)cc1F.Cl. The van der Waals surface area contributed by atoms with Crippen molar-refractivity contribution in [1.82, 2.24) is 0 Å². The Balaban J connectivity index is 0.00000361. The van der Waals surface area contributed by atoms with Crippen LogP contribution in [0.2, 0.25) is 0 Å². The van der Waals surface area contributed by atoms with Crippen molar-refractivity contribution >= 4 is 12.4 Å². The van der Waals surface area contributed by atoms with E-state index in [1.54, 1.807) is 0 Å². The molecule has 2 atom stereocenters. The topological polar surface area (TPSA) is 64.7 Å². The standard InChI is InChI=1S/C14H22FNO3.ClH/c1-4-5-6-11(17)14(16)9-7-12(18-2)13(19-3)8-10(9)15;/h7-8,11,14,17H,4-6,16H2,1-3H3;1H/t11-,14+;/m1./s1. The van der Waals surface area contributed by atoms with Crippen LogP contribution >= 0.6 is 12.4 Å². The van der Waals surface area contributed by atoms with Gasteiger partial charge in [-0.3, -0.25) is 0 Å². The quantitative estimate of drug-likeness (QED) is 0.813. The van der Waals surface area contributed by atoms with Gasteiger partial charge in [0.05, 0.1) is 26.4 Å². The Labute approximate surface area is 125 Å². The molecule has 20 heavy (non-hydrogen) atoms. The van der Waals surface area contributed by atoms with Crippen LogP contribution in [0.3, 0.4) is 0 Å². The van der Waals surface area contributed by atoms with Crippen LogP contribution in [-0.4, -0.2) is 25.4 Å². The van der Waals surface area contributed by atoms with Crippen molar-refractivity contribution in [3.05, 3.63) is 23.5 Å². The fourth-order valence-corrected chi connectivity index (χ4v) is 1.93. The molecule has 0 aromatic heterocycles. The molecule has 0 bridgehead atoms. The number of hydrogen-bond donors (Lipinski definition) is 2. The summed E-state index contributed by atoms with van der Waals surface area (Å²) in [7, 11) is 2.91. The van der Waals surface area contributed by atoms with E-state index in [4.69, 9.17) is 15.2 Å². The van der Waals surface area contributed by atoms with Gasteiger partial charge in [-0.25, -0.2) is 4.39 Å². The lowest BCUT2D eigenvalue weighted by Gasteiger charge is -2.21. The van der Waals surface area contributed by atoms with E-state index in [1.165, 1.54) is 26.4 Å². The maximum absolute atomic E-state index is 14.0. The molecule has 0 aliphatic heterocycles. The summed E-state index contributed by atoms with van der Waals surface area (Å²) in [6, 6.07) is 1.93. The van der Waals surface area contributed by atoms with Crippen LogP contribution in [-0.2, 0) is 0 Å². The largest absolute Gasteiger partial charge is 0.493 e. The number of methoxy groups -OCH3 is 2. The molecule has 0 saturated heterocycles. The van der Waals surface area contributed by atoms with Gasteiger partial charge in [-0.15, -0.1) is 12.4 Å². The minimum Gasteiger partial charge on any atom is -0.493 e. The molecule has 116 valence electrons. The van der Waals surface area contributed by atoms with Gasteiger partial charge in [-0.05, 0) is 12.5 Å². The number of nitrogens with two attached hydrogens (primary N) is 1. The Morgan fingerprint density at radius 3 is 2.30 bits per heavy atom. The van der Waals surface area contributed by atoms with Crippen molar-refractivity contribution in [3.8, 4) is 11.5 Å². The molecule has 6 heteroatoms. The first-order valence-corrected chi connectivity index (χ1v) is 6.40. The molecule has 0 aliphatic rings. The first-order chi connectivity index (χ1) is 9.04. The molecule has 0 aliphatic carbocycles. The molecular weight excluding hydrogens is 285 g/mol. The Kier molecular flexibility index (Phi) is 8.53. The first kappa shape index (κ1) is 19.0. The molecule has 3 N–H and O–H groups in total. The summed E-state index contributed by atoms with van der Waals surface area (Å²) in [6.07, 6.45) is 1.58. The van der Waals surface area contributed by atoms with Crippen molar-refractivity contribution < 1.29 is 19.0 Å². The summed E-state index contributed by atoms with van der Waals surface area (Å²) < 4.78 is 24.1. The van der Waals surface area contributed by atoms with E-state index < -0.39 is 18.0 Å². The van der Waals surface area contributed by atoms with Crippen LogP contribution in [0, 0.1) is 5.82 Å². The minimum atomic E-state index is -0.772. The van der Waals surface area contributed by atoms with Crippen molar-refractivity contribution in [1.29, 1.82) is 0 Å². The molecule has 4 nitrogen and oxygen atoms in total. The summed E-state index contributed by atoms with van der Waals surface area (Å²) in [6.45, 7) is 2.02. The predicted octanol–water partition coefficient (Wildman–Crippen LogP) is 2.82. The predicted molar refractivity (Wildman–Crippen MR) is 79.2 cm³/mol. The van der Waals surface area contributed by atoms with Crippen LogP contribution < -0.4 is 15.2 Å². The van der Waals surface area contributed by atoms with E-state index in [2.05, 4.69) is 0 Å². The van der Waals surface area contributed by atoms with Crippen LogP contribution in [0.1, 0.15) is 37.8 Å². The van der Waals surface area contributed by atoms with Gasteiger partial charge in [0.1, 0.15) is 5.82 Å². The van der Waals surface area contributed by atoms with Gasteiger partial charge in [0, 0.05) is 11.6 Å². The molecule has 0 amide bonds. The van der Waals surface area contributed by atoms with Gasteiger partial charge in [0.15, 0.2) is 11.5 Å². The minimum absolute atomic E-state index is 0. The highest BCUT2D eigenvalue weighted by Crippen LogP contribution is 2.33. The molecule has 1 aromatic rings. The molecule has 0 fully saturated rings. The fourth-order valence-electron chi connectivity index (χ4n) is 1.93. The number of aliphatic hydroxyl groups excluding tert-OH is 1. The second-order valence-corrected chi connectivity index (χ2v) is 4.46. The van der Waals surface area contributed by atoms with Crippen molar-refractivity contribution in [3.63, 3.8) is 0 Å². The summed E-state index contributed by atoms with van der Waals surface area (Å²) in [5.74, 6) is 0.205. The average molecular weight is 308 g/mol. The van der Waals surface area contributed by atoms with Gasteiger partial charge in [-0.1, -0.05) is 19.8 Å². The molecule has 1 aromatic carbocycles. The Morgan fingerprint density at radius 1 is 1.25 bits per heavy atom. The third-order valence-corrected chi connectivity index (χ3v) is 3.13. The Hall–Kier alpha value is -1.04. The molecular formula is C14H23ClFNO3. The number of ether oxygens (including phenoxy) is 2. The van der Waals surface area contributed by atoms with Crippen molar-refractivity contribution in [2.45, 2.75) is 38.3 Å². The third kappa shape index (κ3) is 4.51. The average Bonchev–Trinajstić information content (AvgIpc) is 2.43. The van der Waals surface area contributed by atoms with Gasteiger partial charge in [-0.2, -0.15) is 0 Å². The smallest absolute Gasteiger partial charge is 0.163 e. The zero-order chi connectivity index (χ0) is 14.4. The van der Waals surface area contributed by atoms with Gasteiger partial charge >= 0.3 is 0 Å². The third-order valence-electron chi connectivity index (χ3n) is 3.13. The molecule has 0 radical (unpaired) electrons. The second kappa shape index (κ2) is 9.00. The van der Waals surface area contributed by atoms with E-state index >= 15 is 0 Å². The number of unbranched alkanes of at least 4 members (excludes halogenated alkanes) is 1. The van der Waals surface area contributed by atoms with E-state index in [1.807, 2.05) is 6.92 Å². The summed E-state index contributed by atoms with van der Waals surface area (Å²) in [4.78, 5) is 0. The maximum Gasteiger partial charge on any atom is 0.163 e. The summed E-state index contributed by atoms with van der Waals surface area (Å²) >= 11 is 0. The highest BCUT2D eigenvalue weighted by molar-refractivity contribution is 5.85. The highest BCUT2D eigenvalue weighted by atomic mass is 35.5. The van der Waals surface area contributed by atoms with E-state index in [0.717, 1.165) is 12.8 Å². The van der Waals surface area contributed by atoms with E-state index in [9.17, 15) is 9.50 Å². The zero-order valence-electron chi connectivity index (χ0n) is 12.1.